The Morgan fingerprint density at radius 3 is 2.61 bits per heavy atom. The summed E-state index contributed by atoms with van der Waals surface area (Å²) < 4.78 is 0. The van der Waals surface area contributed by atoms with Crippen LogP contribution in [-0.2, 0) is 4.79 Å². The molecule has 1 fully saturated rings. The number of hydrogen-bond donors (Lipinski definition) is 3. The van der Waals surface area contributed by atoms with Crippen molar-refractivity contribution in [3.8, 4) is 0 Å². The van der Waals surface area contributed by atoms with Crippen molar-refractivity contribution >= 4 is 11.9 Å². The van der Waals surface area contributed by atoms with Gasteiger partial charge in [-0.3, -0.25) is 4.79 Å². The van der Waals surface area contributed by atoms with Crippen molar-refractivity contribution in [2.24, 2.45) is 10.9 Å². The van der Waals surface area contributed by atoms with Gasteiger partial charge in [0.15, 0.2) is 5.96 Å². The number of piperidine rings is 1. The first-order chi connectivity index (χ1) is 10.8. The Morgan fingerprint density at radius 2 is 2.00 bits per heavy atom. The van der Waals surface area contributed by atoms with E-state index in [0.29, 0.717) is 5.92 Å². The SMILES string of the molecule is CCNC(=NCC(=O)NC(C)(C)C)NCC1CCCN(CC)C1. The maximum atomic E-state index is 11.9. The highest BCUT2D eigenvalue weighted by atomic mass is 16.2. The molecule has 0 radical (unpaired) electrons. The quantitative estimate of drug-likeness (QED) is 0.507. The summed E-state index contributed by atoms with van der Waals surface area (Å²) in [6, 6.07) is 0. The zero-order chi connectivity index (χ0) is 17.3. The van der Waals surface area contributed by atoms with Crippen molar-refractivity contribution in [2.75, 3.05) is 39.3 Å². The summed E-state index contributed by atoms with van der Waals surface area (Å²) in [5.41, 5.74) is -0.218. The van der Waals surface area contributed by atoms with Crippen molar-refractivity contribution in [3.05, 3.63) is 0 Å². The topological polar surface area (TPSA) is 68.8 Å². The largest absolute Gasteiger partial charge is 0.357 e. The second-order valence-electron chi connectivity index (χ2n) is 7.28. The van der Waals surface area contributed by atoms with E-state index in [1.54, 1.807) is 0 Å². The van der Waals surface area contributed by atoms with Gasteiger partial charge in [-0.1, -0.05) is 6.92 Å². The first-order valence-corrected chi connectivity index (χ1v) is 8.89. The van der Waals surface area contributed by atoms with Gasteiger partial charge in [-0.05, 0) is 59.5 Å². The molecule has 1 atom stereocenters. The first-order valence-electron chi connectivity index (χ1n) is 8.89. The number of likely N-dealkylation sites (tertiary alicyclic amines) is 1. The van der Waals surface area contributed by atoms with Crippen LogP contribution in [0, 0.1) is 5.92 Å². The van der Waals surface area contributed by atoms with Crippen LogP contribution in [0.5, 0.6) is 0 Å². The summed E-state index contributed by atoms with van der Waals surface area (Å²) in [5.74, 6) is 1.32. The van der Waals surface area contributed by atoms with Gasteiger partial charge in [0.1, 0.15) is 6.54 Å². The zero-order valence-corrected chi connectivity index (χ0v) is 15.5. The van der Waals surface area contributed by atoms with Crippen LogP contribution in [0.4, 0.5) is 0 Å². The van der Waals surface area contributed by atoms with Gasteiger partial charge in [0.2, 0.25) is 5.91 Å². The van der Waals surface area contributed by atoms with Crippen LogP contribution in [0.25, 0.3) is 0 Å². The zero-order valence-electron chi connectivity index (χ0n) is 15.5. The Balaban J connectivity index is 2.44. The third kappa shape index (κ3) is 8.79. The monoisotopic (exact) mass is 325 g/mol. The maximum Gasteiger partial charge on any atom is 0.242 e. The highest BCUT2D eigenvalue weighted by molar-refractivity contribution is 5.85. The fourth-order valence-corrected chi connectivity index (χ4v) is 2.80. The molecular formula is C17H35N5O. The van der Waals surface area contributed by atoms with E-state index in [-0.39, 0.29) is 18.0 Å². The van der Waals surface area contributed by atoms with Gasteiger partial charge in [0.05, 0.1) is 0 Å². The lowest BCUT2D eigenvalue weighted by Crippen LogP contribution is -2.45. The lowest BCUT2D eigenvalue weighted by Gasteiger charge is -2.32. The minimum Gasteiger partial charge on any atom is -0.357 e. The molecule has 1 aliphatic heterocycles. The number of nitrogens with one attached hydrogen (secondary N) is 3. The van der Waals surface area contributed by atoms with E-state index in [1.165, 1.54) is 19.4 Å². The van der Waals surface area contributed by atoms with Crippen LogP contribution >= 0.6 is 0 Å². The Morgan fingerprint density at radius 1 is 1.26 bits per heavy atom. The van der Waals surface area contributed by atoms with Gasteiger partial charge in [0, 0.05) is 25.2 Å². The Labute approximate surface area is 141 Å². The van der Waals surface area contributed by atoms with E-state index in [2.05, 4.69) is 32.8 Å². The predicted octanol–water partition coefficient (Wildman–Crippen LogP) is 1.19. The number of carbonyl (C=O) groups is 1. The first kappa shape index (κ1) is 19.7. The number of nitrogens with zero attached hydrogens (tertiary/aromatic N) is 2. The molecule has 0 spiro atoms. The highest BCUT2D eigenvalue weighted by Gasteiger charge is 2.19. The van der Waals surface area contributed by atoms with Gasteiger partial charge in [-0.25, -0.2) is 4.99 Å². The van der Waals surface area contributed by atoms with Gasteiger partial charge in [-0.15, -0.1) is 0 Å². The molecule has 1 unspecified atom stereocenters. The van der Waals surface area contributed by atoms with E-state index in [1.807, 2.05) is 27.7 Å². The molecule has 1 rings (SSSR count). The number of rotatable bonds is 6. The molecule has 1 heterocycles. The van der Waals surface area contributed by atoms with Crippen molar-refractivity contribution in [1.29, 1.82) is 0 Å². The van der Waals surface area contributed by atoms with Crippen LogP contribution in [0.2, 0.25) is 0 Å². The van der Waals surface area contributed by atoms with Gasteiger partial charge in [0.25, 0.3) is 0 Å². The smallest absolute Gasteiger partial charge is 0.242 e. The summed E-state index contributed by atoms with van der Waals surface area (Å²) in [5, 5.41) is 9.52. The Hall–Kier alpha value is -1.30. The van der Waals surface area contributed by atoms with Gasteiger partial charge in [-0.2, -0.15) is 0 Å². The standard InChI is InChI=1S/C17H35N5O/c1-6-18-16(20-12-15(23)21-17(3,4)5)19-11-14-9-8-10-22(7-2)13-14/h14H,6-13H2,1-5H3,(H,21,23)(H2,18,19,20). The summed E-state index contributed by atoms with van der Waals surface area (Å²) >= 11 is 0. The van der Waals surface area contributed by atoms with Crippen LogP contribution in [0.3, 0.4) is 0 Å². The van der Waals surface area contributed by atoms with E-state index >= 15 is 0 Å². The molecule has 0 aliphatic carbocycles. The molecule has 0 saturated carbocycles. The van der Waals surface area contributed by atoms with Crippen LogP contribution in [0.1, 0.15) is 47.5 Å². The molecule has 0 bridgehead atoms. The molecule has 0 aromatic heterocycles. The minimum atomic E-state index is -0.218. The van der Waals surface area contributed by atoms with Crippen molar-refractivity contribution in [1.82, 2.24) is 20.9 Å². The lowest BCUT2D eigenvalue weighted by atomic mass is 9.98. The summed E-state index contributed by atoms with van der Waals surface area (Å²) in [6.07, 6.45) is 2.52. The summed E-state index contributed by atoms with van der Waals surface area (Å²) in [4.78, 5) is 18.8. The van der Waals surface area contributed by atoms with Gasteiger partial charge >= 0.3 is 0 Å². The average molecular weight is 326 g/mol. The molecule has 1 saturated heterocycles. The van der Waals surface area contributed by atoms with Crippen LogP contribution in [-0.4, -0.2) is 61.6 Å². The van der Waals surface area contributed by atoms with Crippen LogP contribution in [0.15, 0.2) is 4.99 Å². The Kier molecular flexibility index (Phi) is 8.37. The molecular weight excluding hydrogens is 290 g/mol. The van der Waals surface area contributed by atoms with Crippen molar-refractivity contribution in [3.63, 3.8) is 0 Å². The van der Waals surface area contributed by atoms with Crippen molar-refractivity contribution < 1.29 is 4.79 Å². The average Bonchev–Trinajstić information content (AvgIpc) is 2.48. The molecule has 134 valence electrons. The maximum absolute atomic E-state index is 11.9. The van der Waals surface area contributed by atoms with Crippen LogP contribution < -0.4 is 16.0 Å². The fourth-order valence-electron chi connectivity index (χ4n) is 2.80. The summed E-state index contributed by atoms with van der Waals surface area (Å²) in [6.45, 7) is 15.5. The molecule has 6 nitrogen and oxygen atoms in total. The fraction of sp³-hybridized carbons (Fsp3) is 0.882. The second kappa shape index (κ2) is 9.75. The number of guanidine groups is 1. The van der Waals surface area contributed by atoms with Gasteiger partial charge < -0.3 is 20.9 Å². The predicted molar refractivity (Wildman–Crippen MR) is 96.7 cm³/mol. The molecule has 1 aliphatic rings. The number of amides is 1. The minimum absolute atomic E-state index is 0.0514. The number of hydrogen-bond acceptors (Lipinski definition) is 3. The normalized spacial score (nSPS) is 20.2. The molecule has 1 amide bonds. The Bertz CT molecular complexity index is 389. The van der Waals surface area contributed by atoms with E-state index in [0.717, 1.165) is 32.1 Å². The van der Waals surface area contributed by atoms with E-state index < -0.39 is 0 Å². The third-order valence-electron chi connectivity index (χ3n) is 3.85. The molecule has 3 N–H and O–H groups in total. The van der Waals surface area contributed by atoms with E-state index in [4.69, 9.17) is 0 Å². The van der Waals surface area contributed by atoms with E-state index in [9.17, 15) is 4.79 Å². The second-order valence-corrected chi connectivity index (χ2v) is 7.28. The molecule has 0 aromatic carbocycles. The third-order valence-corrected chi connectivity index (χ3v) is 3.85. The molecule has 6 heteroatoms. The van der Waals surface area contributed by atoms with Crippen molar-refractivity contribution in [2.45, 2.75) is 53.0 Å². The number of aliphatic imine (C=N–C) groups is 1. The highest BCUT2D eigenvalue weighted by Crippen LogP contribution is 2.14. The summed E-state index contributed by atoms with van der Waals surface area (Å²) in [7, 11) is 0. The lowest BCUT2D eigenvalue weighted by molar-refractivity contribution is -0.121. The molecule has 0 aromatic rings. The molecule has 23 heavy (non-hydrogen) atoms. The number of carbonyl (C=O) groups excluding carboxylic acids is 1.